The fraction of sp³-hybridized carbons (Fsp3) is 0.333. The Morgan fingerprint density at radius 2 is 1.90 bits per heavy atom. The first-order valence-electron chi connectivity index (χ1n) is 10.3. The fourth-order valence-corrected chi connectivity index (χ4v) is 4.85. The van der Waals surface area contributed by atoms with Crippen LogP contribution in [-0.2, 0) is 18.2 Å². The number of piperazine rings is 1. The molecule has 2 fully saturated rings. The molecule has 30 heavy (non-hydrogen) atoms. The highest BCUT2D eigenvalue weighted by Gasteiger charge is 2.51. The predicted molar refractivity (Wildman–Crippen MR) is 114 cm³/mol. The quantitative estimate of drug-likeness (QED) is 0.674. The smallest absolute Gasteiger partial charge is 0.410 e. The monoisotopic (exact) mass is 403 g/mol. The van der Waals surface area contributed by atoms with Crippen molar-refractivity contribution in [2.75, 3.05) is 26.2 Å². The van der Waals surface area contributed by atoms with Crippen molar-refractivity contribution in [3.8, 4) is 0 Å². The van der Waals surface area contributed by atoms with Gasteiger partial charge >= 0.3 is 6.09 Å². The molecule has 6 heteroatoms. The number of carbonyl (C=O) groups excluding carboxylic acids is 2. The van der Waals surface area contributed by atoms with E-state index in [1.807, 2.05) is 45.7 Å². The van der Waals surface area contributed by atoms with Crippen molar-refractivity contribution in [3.05, 3.63) is 71.4 Å². The summed E-state index contributed by atoms with van der Waals surface area (Å²) in [6, 6.07) is 18.3. The predicted octanol–water partition coefficient (Wildman–Crippen LogP) is 3.38. The van der Waals surface area contributed by atoms with Crippen molar-refractivity contribution < 1.29 is 14.3 Å². The van der Waals surface area contributed by atoms with Crippen LogP contribution in [0.4, 0.5) is 4.79 Å². The van der Waals surface area contributed by atoms with Gasteiger partial charge in [-0.25, -0.2) is 4.79 Å². The molecule has 0 bridgehead atoms. The zero-order valence-corrected chi connectivity index (χ0v) is 17.3. The summed E-state index contributed by atoms with van der Waals surface area (Å²) < 4.78 is 7.40. The molecule has 1 unspecified atom stereocenters. The topological polar surface area (TPSA) is 54.8 Å². The molecule has 0 aliphatic carbocycles. The van der Waals surface area contributed by atoms with Crippen molar-refractivity contribution in [1.82, 2.24) is 14.4 Å². The maximum absolute atomic E-state index is 13.5. The number of aryl methyl sites for hydroxylation is 2. The van der Waals surface area contributed by atoms with Gasteiger partial charge in [-0.05, 0) is 30.7 Å². The van der Waals surface area contributed by atoms with E-state index in [1.54, 1.807) is 0 Å². The number of carbonyl (C=O) groups is 2. The number of amides is 2. The Labute approximate surface area is 175 Å². The van der Waals surface area contributed by atoms with E-state index in [1.165, 1.54) is 5.56 Å². The highest BCUT2D eigenvalue weighted by atomic mass is 16.6. The van der Waals surface area contributed by atoms with Crippen LogP contribution < -0.4 is 0 Å². The van der Waals surface area contributed by atoms with Crippen LogP contribution >= 0.6 is 0 Å². The van der Waals surface area contributed by atoms with Crippen molar-refractivity contribution >= 4 is 22.9 Å². The number of rotatable bonds is 3. The molecule has 0 radical (unpaired) electrons. The Balaban J connectivity index is 1.46. The summed E-state index contributed by atoms with van der Waals surface area (Å²) in [6.45, 7) is 3.81. The Hall–Kier alpha value is -3.28. The minimum Gasteiger partial charge on any atom is -0.447 e. The number of cyclic esters (lactones) is 1. The average molecular weight is 403 g/mol. The zero-order valence-electron chi connectivity index (χ0n) is 17.3. The van der Waals surface area contributed by atoms with Crippen molar-refractivity contribution in [2.24, 2.45) is 7.05 Å². The van der Waals surface area contributed by atoms with Gasteiger partial charge in [0.1, 0.15) is 17.8 Å². The third-order valence-electron chi connectivity index (χ3n) is 6.42. The summed E-state index contributed by atoms with van der Waals surface area (Å²) in [5, 5.41) is 1.07. The number of nitrogens with zero attached hydrogens (tertiary/aromatic N) is 3. The van der Waals surface area contributed by atoms with Crippen LogP contribution in [0.2, 0.25) is 0 Å². The number of ether oxygens (including phenoxy) is 1. The Morgan fingerprint density at radius 3 is 2.70 bits per heavy atom. The van der Waals surface area contributed by atoms with Gasteiger partial charge in [0.15, 0.2) is 0 Å². The number of benzene rings is 2. The summed E-state index contributed by atoms with van der Waals surface area (Å²) in [6.07, 6.45) is 0.385. The number of aromatic nitrogens is 1. The van der Waals surface area contributed by atoms with Gasteiger partial charge in [0.25, 0.3) is 5.91 Å². The highest BCUT2D eigenvalue weighted by Crippen LogP contribution is 2.33. The average Bonchev–Trinajstić information content (AvgIpc) is 3.24. The van der Waals surface area contributed by atoms with Crippen LogP contribution in [0, 0.1) is 6.92 Å². The van der Waals surface area contributed by atoms with E-state index >= 15 is 0 Å². The molecule has 2 aromatic carbocycles. The lowest BCUT2D eigenvalue weighted by molar-refractivity contribution is 0.0368. The standard InChI is InChI=1S/C24H25N3O3/c1-17-8-9-20-19(12-17)13-21(25(20)2)22(28)26-10-11-27-23(29)30-16-24(27,15-26)14-18-6-4-3-5-7-18/h3-9,12-13H,10-11,14-16H2,1-2H3. The molecule has 2 saturated heterocycles. The van der Waals surface area contributed by atoms with E-state index in [9.17, 15) is 9.59 Å². The van der Waals surface area contributed by atoms with Gasteiger partial charge in [0.2, 0.25) is 0 Å². The van der Waals surface area contributed by atoms with Crippen LogP contribution in [0.3, 0.4) is 0 Å². The van der Waals surface area contributed by atoms with E-state index in [4.69, 9.17) is 4.74 Å². The lowest BCUT2D eigenvalue weighted by Crippen LogP contribution is -2.63. The molecular weight excluding hydrogens is 378 g/mol. The molecule has 154 valence electrons. The van der Waals surface area contributed by atoms with E-state index in [2.05, 4.69) is 37.3 Å². The van der Waals surface area contributed by atoms with Crippen LogP contribution in [0.15, 0.2) is 54.6 Å². The van der Waals surface area contributed by atoms with Gasteiger partial charge in [-0.1, -0.05) is 42.0 Å². The fourth-order valence-electron chi connectivity index (χ4n) is 4.85. The molecule has 1 aromatic heterocycles. The second-order valence-electron chi connectivity index (χ2n) is 8.47. The molecular formula is C24H25N3O3. The minimum atomic E-state index is -0.520. The van der Waals surface area contributed by atoms with Gasteiger partial charge in [0, 0.05) is 44.0 Å². The Bertz CT molecular complexity index is 1140. The van der Waals surface area contributed by atoms with Crippen LogP contribution in [0.25, 0.3) is 10.9 Å². The number of fused-ring (bicyclic) bond motifs is 2. The molecule has 6 nitrogen and oxygen atoms in total. The second-order valence-corrected chi connectivity index (χ2v) is 8.47. The Kier molecular flexibility index (Phi) is 4.31. The van der Waals surface area contributed by atoms with E-state index in [0.717, 1.165) is 16.5 Å². The van der Waals surface area contributed by atoms with Gasteiger partial charge in [0.05, 0.1) is 0 Å². The zero-order chi connectivity index (χ0) is 20.9. The first-order chi connectivity index (χ1) is 14.5. The summed E-state index contributed by atoms with van der Waals surface area (Å²) in [7, 11) is 1.93. The summed E-state index contributed by atoms with van der Waals surface area (Å²) in [4.78, 5) is 29.5. The van der Waals surface area contributed by atoms with E-state index in [0.29, 0.717) is 38.4 Å². The van der Waals surface area contributed by atoms with Gasteiger partial charge < -0.3 is 14.2 Å². The maximum atomic E-state index is 13.5. The number of hydrogen-bond acceptors (Lipinski definition) is 3. The molecule has 0 spiro atoms. The van der Waals surface area contributed by atoms with Gasteiger partial charge in [-0.3, -0.25) is 9.69 Å². The van der Waals surface area contributed by atoms with Crippen molar-refractivity contribution in [3.63, 3.8) is 0 Å². The van der Waals surface area contributed by atoms with Crippen molar-refractivity contribution in [2.45, 2.75) is 18.9 Å². The molecule has 3 aromatic rings. The highest BCUT2D eigenvalue weighted by molar-refractivity contribution is 5.99. The van der Waals surface area contributed by atoms with Crippen LogP contribution in [0.5, 0.6) is 0 Å². The first-order valence-corrected chi connectivity index (χ1v) is 10.3. The van der Waals surface area contributed by atoms with Gasteiger partial charge in [-0.2, -0.15) is 0 Å². The lowest BCUT2D eigenvalue weighted by Gasteiger charge is -2.44. The third kappa shape index (κ3) is 2.95. The lowest BCUT2D eigenvalue weighted by atomic mass is 9.88. The molecule has 2 amide bonds. The molecule has 1 atom stereocenters. The number of hydrogen-bond donors (Lipinski definition) is 0. The molecule has 0 N–H and O–H groups in total. The van der Waals surface area contributed by atoms with Crippen LogP contribution in [0.1, 0.15) is 21.6 Å². The first kappa shape index (κ1) is 18.7. The van der Waals surface area contributed by atoms with E-state index < -0.39 is 5.54 Å². The SMILES string of the molecule is Cc1ccc2c(c1)cc(C(=O)N1CCN3C(=O)OCC3(Cc3ccccc3)C1)n2C. The second kappa shape index (κ2) is 6.90. The minimum absolute atomic E-state index is 0.00205. The van der Waals surface area contributed by atoms with Crippen LogP contribution in [-0.4, -0.2) is 58.1 Å². The largest absolute Gasteiger partial charge is 0.447 e. The maximum Gasteiger partial charge on any atom is 0.410 e. The molecule has 3 heterocycles. The Morgan fingerprint density at radius 1 is 1.10 bits per heavy atom. The summed E-state index contributed by atoms with van der Waals surface area (Å²) in [5.41, 5.74) is 3.50. The molecule has 5 rings (SSSR count). The summed E-state index contributed by atoms with van der Waals surface area (Å²) in [5.74, 6) is -0.00205. The normalized spacial score (nSPS) is 21.1. The molecule has 0 saturated carbocycles. The third-order valence-corrected chi connectivity index (χ3v) is 6.42. The molecule has 2 aliphatic heterocycles. The summed E-state index contributed by atoms with van der Waals surface area (Å²) >= 11 is 0. The molecule has 2 aliphatic rings. The van der Waals surface area contributed by atoms with E-state index in [-0.39, 0.29) is 12.0 Å². The van der Waals surface area contributed by atoms with Gasteiger partial charge in [-0.15, -0.1) is 0 Å². The van der Waals surface area contributed by atoms with Crippen molar-refractivity contribution in [1.29, 1.82) is 0 Å².